The number of aromatic nitrogens is 3. The summed E-state index contributed by atoms with van der Waals surface area (Å²) in [6, 6.07) is 6.71. The zero-order valence-corrected chi connectivity index (χ0v) is 16.2. The summed E-state index contributed by atoms with van der Waals surface area (Å²) in [5.74, 6) is 1.52. The molecule has 0 atom stereocenters. The number of halogens is 3. The molecule has 6 nitrogen and oxygen atoms in total. The van der Waals surface area contributed by atoms with E-state index in [1.807, 2.05) is 0 Å². The summed E-state index contributed by atoms with van der Waals surface area (Å²) in [7, 11) is 0. The number of H-pyrrole nitrogens is 1. The minimum absolute atomic E-state index is 0.0334. The molecule has 2 aromatic heterocycles. The molecule has 3 aromatic rings. The third kappa shape index (κ3) is 3.53. The second-order valence-corrected chi connectivity index (χ2v) is 7.77. The monoisotopic (exact) mass is 416 g/mol. The van der Waals surface area contributed by atoms with Crippen LogP contribution in [0, 0.1) is 12.0 Å². The molecule has 157 valence electrons. The molecule has 1 radical (unpaired) electrons. The molecular weight excluding hydrogens is 395 g/mol. The highest BCUT2D eigenvalue weighted by molar-refractivity contribution is 5.92. The van der Waals surface area contributed by atoms with Gasteiger partial charge in [0.2, 0.25) is 5.95 Å². The van der Waals surface area contributed by atoms with Crippen molar-refractivity contribution < 1.29 is 17.9 Å². The van der Waals surface area contributed by atoms with Crippen molar-refractivity contribution in [3.05, 3.63) is 35.5 Å². The van der Waals surface area contributed by atoms with Gasteiger partial charge in [0.25, 0.3) is 0 Å². The number of aromatic amines is 1. The molecule has 2 aliphatic rings. The molecule has 0 unspecified atom stereocenters. The molecule has 0 spiro atoms. The van der Waals surface area contributed by atoms with Crippen LogP contribution in [-0.2, 0) is 12.6 Å². The number of nitrogens with one attached hydrogen (secondary N) is 3. The van der Waals surface area contributed by atoms with Crippen molar-refractivity contribution in [2.75, 3.05) is 23.8 Å². The van der Waals surface area contributed by atoms with E-state index < -0.39 is 11.7 Å². The summed E-state index contributed by atoms with van der Waals surface area (Å²) in [6.07, 6.45) is 1.70. The van der Waals surface area contributed by atoms with Gasteiger partial charge in [-0.15, -0.1) is 0 Å². The molecule has 1 aliphatic heterocycles. The van der Waals surface area contributed by atoms with Gasteiger partial charge in [-0.3, -0.25) is 0 Å². The number of benzene rings is 1. The number of alkyl halides is 3. The fourth-order valence-corrected chi connectivity index (χ4v) is 4.25. The molecule has 3 N–H and O–H groups in total. The first-order chi connectivity index (χ1) is 14.5. The van der Waals surface area contributed by atoms with Crippen LogP contribution in [0.5, 0.6) is 5.75 Å². The van der Waals surface area contributed by atoms with Gasteiger partial charge in [0.1, 0.15) is 17.2 Å². The molecule has 1 aliphatic carbocycles. The Bertz CT molecular complexity index is 1070. The second kappa shape index (κ2) is 7.37. The Balaban J connectivity index is 1.52. The Kier molecular flexibility index (Phi) is 4.67. The minimum atomic E-state index is -4.50. The number of rotatable bonds is 5. The van der Waals surface area contributed by atoms with Gasteiger partial charge < -0.3 is 20.4 Å². The van der Waals surface area contributed by atoms with Gasteiger partial charge in [0, 0.05) is 24.7 Å². The summed E-state index contributed by atoms with van der Waals surface area (Å²) in [4.78, 5) is 11.4. The summed E-state index contributed by atoms with van der Waals surface area (Å²) < 4.78 is 46.3. The van der Waals surface area contributed by atoms with Gasteiger partial charge >= 0.3 is 6.18 Å². The van der Waals surface area contributed by atoms with Crippen LogP contribution in [0.15, 0.2) is 18.3 Å². The van der Waals surface area contributed by atoms with E-state index in [1.165, 1.54) is 0 Å². The maximum absolute atomic E-state index is 13.5. The lowest BCUT2D eigenvalue weighted by Gasteiger charge is -2.15. The van der Waals surface area contributed by atoms with E-state index in [-0.39, 0.29) is 22.8 Å². The molecule has 0 amide bonds. The van der Waals surface area contributed by atoms with Crippen molar-refractivity contribution in [1.82, 2.24) is 15.0 Å². The van der Waals surface area contributed by atoms with Gasteiger partial charge in [0.15, 0.2) is 0 Å². The van der Waals surface area contributed by atoms with Crippen LogP contribution in [0.1, 0.15) is 36.8 Å². The maximum atomic E-state index is 13.5. The van der Waals surface area contributed by atoms with Crippen LogP contribution in [0.4, 0.5) is 30.6 Å². The number of anilines is 3. The normalized spacial score (nSPS) is 16.6. The molecule has 0 saturated heterocycles. The van der Waals surface area contributed by atoms with Crippen molar-refractivity contribution in [3.63, 3.8) is 0 Å². The van der Waals surface area contributed by atoms with E-state index in [2.05, 4.69) is 31.7 Å². The molecule has 1 saturated carbocycles. The van der Waals surface area contributed by atoms with Gasteiger partial charge in [0.05, 0.1) is 23.2 Å². The second-order valence-electron chi connectivity index (χ2n) is 7.77. The molecule has 30 heavy (non-hydrogen) atoms. The van der Waals surface area contributed by atoms with E-state index in [9.17, 15) is 13.2 Å². The van der Waals surface area contributed by atoms with E-state index in [4.69, 9.17) is 4.74 Å². The molecule has 9 heteroatoms. The number of hydrogen-bond donors (Lipinski definition) is 3. The fourth-order valence-electron chi connectivity index (χ4n) is 4.25. The molecular formula is C21H21F3N5O. The van der Waals surface area contributed by atoms with E-state index in [0.717, 1.165) is 43.9 Å². The molecule has 0 bridgehead atoms. The predicted octanol–water partition coefficient (Wildman–Crippen LogP) is 5.06. The Labute approximate surface area is 171 Å². The third-order valence-electron chi connectivity index (χ3n) is 5.74. The van der Waals surface area contributed by atoms with Crippen molar-refractivity contribution >= 4 is 28.5 Å². The lowest BCUT2D eigenvalue weighted by molar-refractivity contribution is -0.136. The quantitative estimate of drug-likeness (QED) is 0.542. The lowest BCUT2D eigenvalue weighted by Crippen LogP contribution is -2.14. The zero-order valence-electron chi connectivity index (χ0n) is 16.2. The van der Waals surface area contributed by atoms with Gasteiger partial charge in [-0.25, -0.2) is 0 Å². The molecule has 1 aromatic carbocycles. The lowest BCUT2D eigenvalue weighted by atomic mass is 10.1. The fraction of sp³-hybridized carbons (Fsp3) is 0.429. The highest BCUT2D eigenvalue weighted by atomic mass is 19.4. The predicted molar refractivity (Wildman–Crippen MR) is 107 cm³/mol. The van der Waals surface area contributed by atoms with Crippen LogP contribution in [-0.4, -0.2) is 28.1 Å². The first kappa shape index (κ1) is 19.0. The number of hydrogen-bond acceptors (Lipinski definition) is 5. The highest BCUT2D eigenvalue weighted by Crippen LogP contribution is 2.39. The van der Waals surface area contributed by atoms with Crippen molar-refractivity contribution in [1.29, 1.82) is 0 Å². The largest absolute Gasteiger partial charge is 0.491 e. The van der Waals surface area contributed by atoms with Crippen LogP contribution in [0.25, 0.3) is 11.0 Å². The summed E-state index contributed by atoms with van der Waals surface area (Å²) in [5, 5.41) is 6.23. The topological polar surface area (TPSA) is 74.9 Å². The van der Waals surface area contributed by atoms with Crippen LogP contribution in [0.3, 0.4) is 0 Å². The average Bonchev–Trinajstić information content (AvgIpc) is 3.45. The van der Waals surface area contributed by atoms with Crippen molar-refractivity contribution in [2.45, 2.75) is 38.3 Å². The first-order valence-corrected chi connectivity index (χ1v) is 10.1. The maximum Gasteiger partial charge on any atom is 0.418 e. The Hall–Kier alpha value is -2.97. The summed E-state index contributed by atoms with van der Waals surface area (Å²) in [5.41, 5.74) is 0.996. The Morgan fingerprint density at radius 3 is 2.87 bits per heavy atom. The summed E-state index contributed by atoms with van der Waals surface area (Å²) in [6.45, 7) is 1.16. The minimum Gasteiger partial charge on any atom is -0.491 e. The molecule has 5 rings (SSSR count). The first-order valence-electron chi connectivity index (χ1n) is 10.1. The van der Waals surface area contributed by atoms with Crippen molar-refractivity contribution in [3.8, 4) is 5.75 Å². The molecule has 3 heterocycles. The van der Waals surface area contributed by atoms with Crippen LogP contribution >= 0.6 is 0 Å². The Morgan fingerprint density at radius 2 is 2.07 bits per heavy atom. The number of fused-ring (bicyclic) bond motifs is 2. The van der Waals surface area contributed by atoms with E-state index >= 15 is 0 Å². The van der Waals surface area contributed by atoms with Crippen LogP contribution in [0.2, 0.25) is 0 Å². The number of nitrogens with zero attached hydrogens (tertiary/aromatic N) is 2. The van der Waals surface area contributed by atoms with E-state index in [0.29, 0.717) is 30.5 Å². The highest BCUT2D eigenvalue weighted by Gasteiger charge is 2.35. The Morgan fingerprint density at radius 1 is 1.23 bits per heavy atom. The zero-order chi connectivity index (χ0) is 20.7. The smallest absolute Gasteiger partial charge is 0.418 e. The van der Waals surface area contributed by atoms with Crippen molar-refractivity contribution in [2.24, 2.45) is 5.92 Å². The molecule has 1 fully saturated rings. The average molecular weight is 416 g/mol. The SMILES string of the molecule is FC(F)(F)c1c[nH]c2nc(Nc3cc[c]c4c3OCC4)nc(NCC3CCCC3)c12. The van der Waals surface area contributed by atoms with E-state index in [1.54, 1.807) is 12.1 Å². The number of ether oxygens (including phenoxy) is 1. The van der Waals surface area contributed by atoms with Gasteiger partial charge in [-0.05, 0) is 30.9 Å². The third-order valence-corrected chi connectivity index (χ3v) is 5.74. The summed E-state index contributed by atoms with van der Waals surface area (Å²) >= 11 is 0. The van der Waals surface area contributed by atoms with Gasteiger partial charge in [-0.1, -0.05) is 18.9 Å². The van der Waals surface area contributed by atoms with Crippen LogP contribution < -0.4 is 15.4 Å². The van der Waals surface area contributed by atoms with Gasteiger partial charge in [-0.2, -0.15) is 23.1 Å². The standard InChI is InChI=1S/C21H21F3N5O/c22-21(23,24)14-11-26-19-16(14)18(25-10-12-4-1-2-5-12)28-20(29-19)27-15-7-3-6-13-8-9-30-17(13)15/h3,7,11-12H,1-2,4-5,8-10H2,(H3,25,26,27,28,29).